The van der Waals surface area contributed by atoms with Crippen molar-refractivity contribution in [1.82, 2.24) is 4.90 Å². The molecule has 1 amide bonds. The maximum Gasteiger partial charge on any atom is 0.222 e. The van der Waals surface area contributed by atoms with Crippen LogP contribution in [0.3, 0.4) is 0 Å². The summed E-state index contributed by atoms with van der Waals surface area (Å²) in [6.45, 7) is 3.67. The maximum absolute atomic E-state index is 11.1. The van der Waals surface area contributed by atoms with Crippen molar-refractivity contribution in [3.05, 3.63) is 0 Å². The zero-order valence-electron chi connectivity index (χ0n) is 6.92. The van der Waals surface area contributed by atoms with Gasteiger partial charge >= 0.3 is 0 Å². The van der Waals surface area contributed by atoms with Crippen LogP contribution in [0, 0.1) is 5.92 Å². The summed E-state index contributed by atoms with van der Waals surface area (Å²) in [6.07, 6.45) is 1.54. The highest BCUT2D eigenvalue weighted by molar-refractivity contribution is 5.76. The van der Waals surface area contributed by atoms with Gasteiger partial charge < -0.3 is 10.0 Å². The van der Waals surface area contributed by atoms with Crippen LogP contribution in [0.1, 0.15) is 19.8 Å². The molecule has 1 fully saturated rings. The summed E-state index contributed by atoms with van der Waals surface area (Å²) in [4.78, 5) is 13.0. The summed E-state index contributed by atoms with van der Waals surface area (Å²) in [5.74, 6) is 0.534. The fourth-order valence-corrected chi connectivity index (χ4v) is 1.43. The van der Waals surface area contributed by atoms with E-state index in [0.717, 1.165) is 19.5 Å². The van der Waals surface area contributed by atoms with Crippen LogP contribution in [0.2, 0.25) is 0 Å². The van der Waals surface area contributed by atoms with Gasteiger partial charge in [-0.1, -0.05) is 6.92 Å². The number of aliphatic hydroxyl groups is 1. The minimum absolute atomic E-state index is 0.209. The summed E-state index contributed by atoms with van der Waals surface area (Å²) in [5.41, 5.74) is 0. The van der Waals surface area contributed by atoms with Crippen molar-refractivity contribution in [2.24, 2.45) is 5.92 Å². The summed E-state index contributed by atoms with van der Waals surface area (Å²) in [5, 5.41) is 8.80. The van der Waals surface area contributed by atoms with Gasteiger partial charge in [0.05, 0.1) is 0 Å². The molecule has 0 aliphatic carbocycles. The average molecular weight is 157 g/mol. The highest BCUT2D eigenvalue weighted by atomic mass is 16.3. The van der Waals surface area contributed by atoms with Crippen LogP contribution >= 0.6 is 0 Å². The molecule has 0 unspecified atom stereocenters. The number of likely N-dealkylation sites (tertiary alicyclic amines) is 1. The molecule has 11 heavy (non-hydrogen) atoms. The third-order valence-corrected chi connectivity index (χ3v) is 2.20. The van der Waals surface area contributed by atoms with E-state index in [1.54, 1.807) is 0 Å². The highest BCUT2D eigenvalue weighted by Crippen LogP contribution is 2.15. The summed E-state index contributed by atoms with van der Waals surface area (Å²) in [6, 6.07) is 0. The van der Waals surface area contributed by atoms with E-state index in [4.69, 9.17) is 5.11 Å². The lowest BCUT2D eigenvalue weighted by Crippen LogP contribution is -2.28. The van der Waals surface area contributed by atoms with Gasteiger partial charge in [0.2, 0.25) is 5.91 Å². The van der Waals surface area contributed by atoms with Crippen molar-refractivity contribution in [2.75, 3.05) is 19.7 Å². The molecule has 1 atom stereocenters. The molecule has 0 aromatic carbocycles. The van der Waals surface area contributed by atoms with Crippen LogP contribution in [0.5, 0.6) is 0 Å². The second kappa shape index (κ2) is 3.72. The number of hydrogen-bond donors (Lipinski definition) is 1. The molecule has 3 heteroatoms. The smallest absolute Gasteiger partial charge is 0.222 e. The van der Waals surface area contributed by atoms with E-state index in [1.165, 1.54) is 0 Å². The molecule has 0 bridgehead atoms. The van der Waals surface area contributed by atoms with E-state index in [0.29, 0.717) is 12.3 Å². The second-order valence-electron chi connectivity index (χ2n) is 3.03. The minimum Gasteiger partial charge on any atom is -0.396 e. The first-order chi connectivity index (χ1) is 5.27. The lowest BCUT2D eigenvalue weighted by Gasteiger charge is -2.14. The lowest BCUT2D eigenvalue weighted by atomic mass is 10.1. The van der Waals surface area contributed by atoms with Gasteiger partial charge in [0.25, 0.3) is 0 Å². The standard InChI is InChI=1S/C8H15NO2/c1-2-8(11)9-4-3-7(5-9)6-10/h7,10H,2-6H2,1H3/t7-/m0/s1. The summed E-state index contributed by atoms with van der Waals surface area (Å²) < 4.78 is 0. The van der Waals surface area contributed by atoms with Crippen molar-refractivity contribution in [1.29, 1.82) is 0 Å². The van der Waals surface area contributed by atoms with Crippen molar-refractivity contribution in [3.63, 3.8) is 0 Å². The van der Waals surface area contributed by atoms with Gasteiger partial charge in [-0.2, -0.15) is 0 Å². The number of carbonyl (C=O) groups excluding carboxylic acids is 1. The van der Waals surface area contributed by atoms with Gasteiger partial charge in [0, 0.05) is 32.0 Å². The molecule has 1 N–H and O–H groups in total. The van der Waals surface area contributed by atoms with E-state index in [-0.39, 0.29) is 12.5 Å². The number of carbonyl (C=O) groups is 1. The molecule has 1 rings (SSSR count). The van der Waals surface area contributed by atoms with Crippen LogP contribution < -0.4 is 0 Å². The molecule has 1 heterocycles. The molecule has 1 aliphatic heterocycles. The Morgan fingerprint density at radius 2 is 2.45 bits per heavy atom. The van der Waals surface area contributed by atoms with Crippen LogP contribution in [0.15, 0.2) is 0 Å². The third-order valence-electron chi connectivity index (χ3n) is 2.20. The molecule has 0 aromatic rings. The molecule has 0 saturated carbocycles. The van der Waals surface area contributed by atoms with Gasteiger partial charge in [-0.3, -0.25) is 4.79 Å². The van der Waals surface area contributed by atoms with Crippen molar-refractivity contribution in [3.8, 4) is 0 Å². The Morgan fingerprint density at radius 3 is 2.91 bits per heavy atom. The lowest BCUT2D eigenvalue weighted by molar-refractivity contribution is -0.129. The maximum atomic E-state index is 11.1. The molecule has 1 saturated heterocycles. The third kappa shape index (κ3) is 1.93. The molecule has 0 aromatic heterocycles. The molecule has 0 spiro atoms. The van der Waals surface area contributed by atoms with E-state index < -0.39 is 0 Å². The number of hydrogen-bond acceptors (Lipinski definition) is 2. The van der Waals surface area contributed by atoms with Gasteiger partial charge in [-0.05, 0) is 6.42 Å². The Bertz CT molecular complexity index is 147. The predicted octanol–water partition coefficient (Wildman–Crippen LogP) is 0.237. The van der Waals surface area contributed by atoms with Crippen LogP contribution in [-0.4, -0.2) is 35.6 Å². The van der Waals surface area contributed by atoms with Crippen molar-refractivity contribution < 1.29 is 9.90 Å². The fourth-order valence-electron chi connectivity index (χ4n) is 1.43. The predicted molar refractivity (Wildman–Crippen MR) is 42.1 cm³/mol. The Hall–Kier alpha value is -0.570. The van der Waals surface area contributed by atoms with Crippen LogP contribution in [-0.2, 0) is 4.79 Å². The zero-order valence-corrected chi connectivity index (χ0v) is 6.92. The first kappa shape index (κ1) is 8.53. The Morgan fingerprint density at radius 1 is 1.73 bits per heavy atom. The van der Waals surface area contributed by atoms with Crippen LogP contribution in [0.25, 0.3) is 0 Å². The number of aliphatic hydroxyl groups excluding tert-OH is 1. The molecule has 0 radical (unpaired) electrons. The zero-order chi connectivity index (χ0) is 8.27. The molecular weight excluding hydrogens is 142 g/mol. The second-order valence-corrected chi connectivity index (χ2v) is 3.03. The highest BCUT2D eigenvalue weighted by Gasteiger charge is 2.24. The average Bonchev–Trinajstić information content (AvgIpc) is 2.50. The van der Waals surface area contributed by atoms with Crippen molar-refractivity contribution in [2.45, 2.75) is 19.8 Å². The molecule has 1 aliphatic rings. The number of nitrogens with zero attached hydrogens (tertiary/aromatic N) is 1. The summed E-state index contributed by atoms with van der Waals surface area (Å²) in [7, 11) is 0. The molecule has 64 valence electrons. The van der Waals surface area contributed by atoms with Gasteiger partial charge in [0.15, 0.2) is 0 Å². The minimum atomic E-state index is 0.209. The van der Waals surface area contributed by atoms with Crippen molar-refractivity contribution >= 4 is 5.91 Å². The molecular formula is C8H15NO2. The molecule has 3 nitrogen and oxygen atoms in total. The largest absolute Gasteiger partial charge is 0.396 e. The normalized spacial score (nSPS) is 24.2. The number of amides is 1. The van der Waals surface area contributed by atoms with Gasteiger partial charge in [-0.15, -0.1) is 0 Å². The first-order valence-corrected chi connectivity index (χ1v) is 4.16. The monoisotopic (exact) mass is 157 g/mol. The van der Waals surface area contributed by atoms with E-state index in [9.17, 15) is 4.79 Å². The SMILES string of the molecule is CCC(=O)N1CC[C@H](CO)C1. The Labute approximate surface area is 67.0 Å². The van der Waals surface area contributed by atoms with Gasteiger partial charge in [-0.25, -0.2) is 0 Å². The van der Waals surface area contributed by atoms with Crippen LogP contribution in [0.4, 0.5) is 0 Å². The van der Waals surface area contributed by atoms with Gasteiger partial charge in [0.1, 0.15) is 0 Å². The topological polar surface area (TPSA) is 40.5 Å². The Kier molecular flexibility index (Phi) is 2.88. The Balaban J connectivity index is 2.35. The van der Waals surface area contributed by atoms with E-state index in [1.807, 2.05) is 11.8 Å². The fraction of sp³-hybridized carbons (Fsp3) is 0.875. The number of rotatable bonds is 2. The quantitative estimate of drug-likeness (QED) is 0.623. The van der Waals surface area contributed by atoms with E-state index >= 15 is 0 Å². The van der Waals surface area contributed by atoms with E-state index in [2.05, 4.69) is 0 Å². The summed E-state index contributed by atoms with van der Waals surface area (Å²) >= 11 is 0. The first-order valence-electron chi connectivity index (χ1n) is 4.16.